The van der Waals surface area contributed by atoms with E-state index in [1.165, 1.54) is 32.4 Å². The second-order valence-corrected chi connectivity index (χ2v) is 5.74. The number of halogens is 1. The van der Waals surface area contributed by atoms with Gasteiger partial charge in [0.15, 0.2) is 0 Å². The zero-order valence-electron chi connectivity index (χ0n) is 9.06. The van der Waals surface area contributed by atoms with Crippen molar-refractivity contribution in [2.24, 2.45) is 0 Å². The van der Waals surface area contributed by atoms with Gasteiger partial charge in [-0.2, -0.15) is 0 Å². The largest absolute Gasteiger partial charge is 0.365 e. The van der Waals surface area contributed by atoms with Crippen molar-refractivity contribution in [3.8, 4) is 0 Å². The van der Waals surface area contributed by atoms with Gasteiger partial charge in [0.05, 0.1) is 3.57 Å². The number of nitrogens with zero attached hydrogens (tertiary/aromatic N) is 3. The van der Waals surface area contributed by atoms with E-state index in [1.54, 1.807) is 6.33 Å². The minimum absolute atomic E-state index is 0.559. The summed E-state index contributed by atoms with van der Waals surface area (Å²) in [6.07, 6.45) is 7.49. The van der Waals surface area contributed by atoms with Gasteiger partial charge in [0.2, 0.25) is 0 Å². The lowest BCUT2D eigenvalue weighted by molar-refractivity contribution is 0.326. The molecule has 0 amide bonds. The minimum atomic E-state index is 0.559. The summed E-state index contributed by atoms with van der Waals surface area (Å²) in [6.45, 7) is 2.41. The Balaban J connectivity index is 1.61. The summed E-state index contributed by atoms with van der Waals surface area (Å²) in [5.74, 6) is 0.984. The molecule has 1 saturated heterocycles. The van der Waals surface area contributed by atoms with Gasteiger partial charge in [-0.1, -0.05) is 0 Å². The molecule has 1 N–H and O–H groups in total. The normalized spacial score (nSPS) is 25.9. The summed E-state index contributed by atoms with van der Waals surface area (Å²) >= 11 is 2.28. The molecule has 1 unspecified atom stereocenters. The van der Waals surface area contributed by atoms with Crippen molar-refractivity contribution in [1.82, 2.24) is 14.9 Å². The number of likely N-dealkylation sites (tertiary alicyclic amines) is 1. The smallest absolute Gasteiger partial charge is 0.143 e. The van der Waals surface area contributed by atoms with Crippen LogP contribution in [0.1, 0.15) is 19.3 Å². The van der Waals surface area contributed by atoms with Crippen LogP contribution in [0.3, 0.4) is 0 Å². The van der Waals surface area contributed by atoms with E-state index in [0.717, 1.165) is 15.4 Å². The summed E-state index contributed by atoms with van der Waals surface area (Å²) in [5, 5.41) is 3.52. The highest BCUT2D eigenvalue weighted by molar-refractivity contribution is 14.1. The zero-order valence-corrected chi connectivity index (χ0v) is 11.2. The zero-order chi connectivity index (χ0) is 11.0. The SMILES string of the molecule is Ic1cncnc1NC1CCN(C2CC2)C1. The van der Waals surface area contributed by atoms with Crippen LogP contribution in [0.25, 0.3) is 0 Å². The molecule has 3 rings (SSSR count). The molecule has 0 aromatic carbocycles. The van der Waals surface area contributed by atoms with Gasteiger partial charge in [0.1, 0.15) is 12.1 Å². The van der Waals surface area contributed by atoms with Crippen LogP contribution in [0.15, 0.2) is 12.5 Å². The van der Waals surface area contributed by atoms with E-state index in [9.17, 15) is 0 Å². The molecule has 1 saturated carbocycles. The molecule has 1 aromatic heterocycles. The van der Waals surface area contributed by atoms with E-state index in [4.69, 9.17) is 0 Å². The average Bonchev–Trinajstić information content (AvgIpc) is 3.03. The topological polar surface area (TPSA) is 41.1 Å². The monoisotopic (exact) mass is 330 g/mol. The number of aromatic nitrogens is 2. The van der Waals surface area contributed by atoms with Crippen LogP contribution < -0.4 is 5.32 Å². The number of hydrogen-bond acceptors (Lipinski definition) is 4. The Morgan fingerprint density at radius 2 is 2.25 bits per heavy atom. The highest BCUT2D eigenvalue weighted by atomic mass is 127. The maximum Gasteiger partial charge on any atom is 0.143 e. The lowest BCUT2D eigenvalue weighted by atomic mass is 10.2. The molecule has 2 fully saturated rings. The maximum atomic E-state index is 4.28. The van der Waals surface area contributed by atoms with Gasteiger partial charge in [0.25, 0.3) is 0 Å². The van der Waals surface area contributed by atoms with Crippen LogP contribution in [0.2, 0.25) is 0 Å². The summed E-state index contributed by atoms with van der Waals surface area (Å²) in [4.78, 5) is 10.9. The van der Waals surface area contributed by atoms with Crippen LogP contribution in [0, 0.1) is 3.57 Å². The molecule has 5 heteroatoms. The molecule has 1 aliphatic carbocycles. The van der Waals surface area contributed by atoms with Gasteiger partial charge in [-0.15, -0.1) is 0 Å². The quantitative estimate of drug-likeness (QED) is 0.857. The number of rotatable bonds is 3. The molecule has 0 spiro atoms. The number of anilines is 1. The molecule has 1 aromatic rings. The van der Waals surface area contributed by atoms with Gasteiger partial charge in [-0.3, -0.25) is 4.90 Å². The van der Waals surface area contributed by atoms with E-state index in [0.29, 0.717) is 6.04 Å². The van der Waals surface area contributed by atoms with E-state index in [-0.39, 0.29) is 0 Å². The van der Waals surface area contributed by atoms with Crippen LogP contribution in [0.5, 0.6) is 0 Å². The lowest BCUT2D eigenvalue weighted by Gasteiger charge is -2.16. The number of nitrogens with one attached hydrogen (secondary N) is 1. The van der Waals surface area contributed by atoms with Gasteiger partial charge in [-0.05, 0) is 41.9 Å². The van der Waals surface area contributed by atoms with Crippen LogP contribution >= 0.6 is 22.6 Å². The third-order valence-electron chi connectivity index (χ3n) is 3.29. The minimum Gasteiger partial charge on any atom is -0.365 e. The van der Waals surface area contributed by atoms with Gasteiger partial charge in [0, 0.05) is 31.4 Å². The molecule has 1 aliphatic heterocycles. The van der Waals surface area contributed by atoms with Crippen molar-refractivity contribution in [2.75, 3.05) is 18.4 Å². The average molecular weight is 330 g/mol. The predicted molar refractivity (Wildman–Crippen MR) is 71.4 cm³/mol. The molecule has 2 heterocycles. The lowest BCUT2D eigenvalue weighted by Crippen LogP contribution is -2.28. The summed E-state index contributed by atoms with van der Waals surface area (Å²) in [5.41, 5.74) is 0. The highest BCUT2D eigenvalue weighted by Crippen LogP contribution is 2.30. The third-order valence-corrected chi connectivity index (χ3v) is 4.08. The molecule has 0 radical (unpaired) electrons. The Labute approximate surface area is 109 Å². The van der Waals surface area contributed by atoms with Crippen molar-refractivity contribution in [3.63, 3.8) is 0 Å². The van der Waals surface area contributed by atoms with Gasteiger partial charge < -0.3 is 5.32 Å². The summed E-state index contributed by atoms with van der Waals surface area (Å²) < 4.78 is 1.10. The van der Waals surface area contributed by atoms with Gasteiger partial charge >= 0.3 is 0 Å². The molecular formula is C11H15IN4. The first kappa shape index (κ1) is 10.7. The first-order chi connectivity index (χ1) is 7.83. The fraction of sp³-hybridized carbons (Fsp3) is 0.636. The predicted octanol–water partition coefficient (Wildman–Crippen LogP) is 1.73. The summed E-state index contributed by atoms with van der Waals surface area (Å²) in [6, 6.07) is 1.44. The second kappa shape index (κ2) is 4.44. The highest BCUT2D eigenvalue weighted by Gasteiger charge is 2.34. The van der Waals surface area contributed by atoms with E-state index < -0.39 is 0 Å². The van der Waals surface area contributed by atoms with Crippen molar-refractivity contribution >= 4 is 28.4 Å². The van der Waals surface area contributed by atoms with Crippen molar-refractivity contribution in [3.05, 3.63) is 16.1 Å². The van der Waals surface area contributed by atoms with Crippen LogP contribution in [0.4, 0.5) is 5.82 Å². The fourth-order valence-electron chi connectivity index (χ4n) is 2.29. The molecular weight excluding hydrogens is 315 g/mol. The molecule has 16 heavy (non-hydrogen) atoms. The van der Waals surface area contributed by atoms with Crippen molar-refractivity contribution in [1.29, 1.82) is 0 Å². The fourth-order valence-corrected chi connectivity index (χ4v) is 2.74. The maximum absolute atomic E-state index is 4.28. The first-order valence-corrected chi connectivity index (χ1v) is 6.87. The van der Waals surface area contributed by atoms with E-state index in [1.807, 2.05) is 6.20 Å². The third kappa shape index (κ3) is 2.29. The molecule has 86 valence electrons. The Kier molecular flexibility index (Phi) is 2.97. The Morgan fingerprint density at radius 1 is 1.38 bits per heavy atom. The Morgan fingerprint density at radius 3 is 3.00 bits per heavy atom. The van der Waals surface area contributed by atoms with E-state index >= 15 is 0 Å². The van der Waals surface area contributed by atoms with Crippen molar-refractivity contribution in [2.45, 2.75) is 31.3 Å². The Hall–Kier alpha value is -0.430. The number of hydrogen-bond donors (Lipinski definition) is 1. The first-order valence-electron chi connectivity index (χ1n) is 5.79. The molecule has 0 bridgehead atoms. The van der Waals surface area contributed by atoms with Gasteiger partial charge in [-0.25, -0.2) is 9.97 Å². The molecule has 1 atom stereocenters. The standard InChI is InChI=1S/C11H15IN4/c12-10-5-13-7-14-11(10)15-8-3-4-16(6-8)9-1-2-9/h5,7-9H,1-4,6H2,(H,13,14,15). The second-order valence-electron chi connectivity index (χ2n) is 4.58. The van der Waals surface area contributed by atoms with Crippen LogP contribution in [-0.4, -0.2) is 40.0 Å². The Bertz CT molecular complexity index is 380. The molecule has 4 nitrogen and oxygen atoms in total. The summed E-state index contributed by atoms with van der Waals surface area (Å²) in [7, 11) is 0. The van der Waals surface area contributed by atoms with Crippen LogP contribution in [-0.2, 0) is 0 Å². The van der Waals surface area contributed by atoms with E-state index in [2.05, 4.69) is 42.8 Å². The van der Waals surface area contributed by atoms with Crippen molar-refractivity contribution < 1.29 is 0 Å². The molecule has 2 aliphatic rings.